The summed E-state index contributed by atoms with van der Waals surface area (Å²) < 4.78 is 2.03. The quantitative estimate of drug-likeness (QED) is 0.905. The van der Waals surface area contributed by atoms with Crippen LogP contribution < -0.4 is 5.73 Å². The molecule has 0 aliphatic heterocycles. The van der Waals surface area contributed by atoms with E-state index in [0.717, 1.165) is 29.2 Å². The number of benzene rings is 1. The van der Waals surface area contributed by atoms with Crippen molar-refractivity contribution in [1.29, 1.82) is 0 Å². The summed E-state index contributed by atoms with van der Waals surface area (Å²) in [5.41, 5.74) is 7.86. The van der Waals surface area contributed by atoms with Gasteiger partial charge in [-0.25, -0.2) is 4.98 Å². The van der Waals surface area contributed by atoms with Crippen molar-refractivity contribution in [2.75, 3.05) is 0 Å². The Morgan fingerprint density at radius 2 is 2.18 bits per heavy atom. The number of hydrogen-bond acceptors (Lipinski definition) is 2. The van der Waals surface area contributed by atoms with E-state index < -0.39 is 0 Å². The van der Waals surface area contributed by atoms with Crippen molar-refractivity contribution in [2.24, 2.45) is 5.73 Å². The van der Waals surface area contributed by atoms with Crippen molar-refractivity contribution >= 4 is 11.6 Å². The van der Waals surface area contributed by atoms with Crippen molar-refractivity contribution in [1.82, 2.24) is 9.55 Å². The lowest BCUT2D eigenvalue weighted by Gasteiger charge is -2.04. The normalized spacial score (nSPS) is 12.6. The second-order valence-electron chi connectivity index (χ2n) is 4.31. The van der Waals surface area contributed by atoms with E-state index in [-0.39, 0.29) is 6.04 Å². The van der Waals surface area contributed by atoms with E-state index in [1.807, 2.05) is 48.3 Å². The standard InChI is InChI=1S/C13H16ClN3/c1-10(15)6-12-8-17(9-16-12)7-11-4-2-3-5-13(11)14/h2-5,8-10H,6-7,15H2,1H3. The molecule has 1 heterocycles. The third kappa shape index (κ3) is 3.32. The van der Waals surface area contributed by atoms with Gasteiger partial charge in [0.1, 0.15) is 0 Å². The molecule has 1 aromatic heterocycles. The van der Waals surface area contributed by atoms with Crippen LogP contribution in [0.15, 0.2) is 36.8 Å². The first-order valence-electron chi connectivity index (χ1n) is 5.65. The molecule has 4 heteroatoms. The Hall–Kier alpha value is -1.32. The maximum absolute atomic E-state index is 6.11. The molecule has 0 aliphatic carbocycles. The number of nitrogens with zero attached hydrogens (tertiary/aromatic N) is 2. The van der Waals surface area contributed by atoms with E-state index in [4.69, 9.17) is 17.3 Å². The van der Waals surface area contributed by atoms with Crippen molar-refractivity contribution in [3.63, 3.8) is 0 Å². The lowest BCUT2D eigenvalue weighted by atomic mass is 10.2. The number of rotatable bonds is 4. The van der Waals surface area contributed by atoms with Crippen LogP contribution in [0.3, 0.4) is 0 Å². The molecule has 0 saturated carbocycles. The zero-order valence-corrected chi connectivity index (χ0v) is 10.6. The average Bonchev–Trinajstić information content (AvgIpc) is 2.68. The van der Waals surface area contributed by atoms with Gasteiger partial charge in [0.15, 0.2) is 0 Å². The van der Waals surface area contributed by atoms with E-state index >= 15 is 0 Å². The smallest absolute Gasteiger partial charge is 0.0952 e. The van der Waals surface area contributed by atoms with Gasteiger partial charge >= 0.3 is 0 Å². The lowest BCUT2D eigenvalue weighted by Crippen LogP contribution is -2.17. The molecule has 1 unspecified atom stereocenters. The molecule has 0 saturated heterocycles. The molecule has 1 aromatic carbocycles. The SMILES string of the molecule is CC(N)Cc1cn(Cc2ccccc2Cl)cn1. The molecule has 0 fully saturated rings. The molecule has 90 valence electrons. The lowest BCUT2D eigenvalue weighted by molar-refractivity contribution is 0.723. The van der Waals surface area contributed by atoms with Crippen LogP contribution in [0.1, 0.15) is 18.2 Å². The van der Waals surface area contributed by atoms with Gasteiger partial charge in [-0.2, -0.15) is 0 Å². The van der Waals surface area contributed by atoms with E-state index in [9.17, 15) is 0 Å². The highest BCUT2D eigenvalue weighted by Crippen LogP contribution is 2.16. The third-order valence-electron chi connectivity index (χ3n) is 2.53. The largest absolute Gasteiger partial charge is 0.333 e. The van der Waals surface area contributed by atoms with Crippen LogP contribution in [0, 0.1) is 0 Å². The van der Waals surface area contributed by atoms with Gasteiger partial charge in [0.25, 0.3) is 0 Å². The average molecular weight is 250 g/mol. The topological polar surface area (TPSA) is 43.8 Å². The molecule has 3 nitrogen and oxygen atoms in total. The molecule has 17 heavy (non-hydrogen) atoms. The van der Waals surface area contributed by atoms with Gasteiger partial charge in [0, 0.05) is 30.2 Å². The summed E-state index contributed by atoms with van der Waals surface area (Å²) in [7, 11) is 0. The van der Waals surface area contributed by atoms with Gasteiger partial charge in [0.05, 0.1) is 12.0 Å². The fraction of sp³-hybridized carbons (Fsp3) is 0.308. The van der Waals surface area contributed by atoms with E-state index in [1.165, 1.54) is 0 Å². The Kier molecular flexibility index (Phi) is 3.82. The molecule has 2 aromatic rings. The van der Waals surface area contributed by atoms with Crippen LogP contribution in [0.2, 0.25) is 5.02 Å². The van der Waals surface area contributed by atoms with Gasteiger partial charge in [-0.3, -0.25) is 0 Å². The summed E-state index contributed by atoms with van der Waals surface area (Å²) in [6, 6.07) is 7.98. The van der Waals surface area contributed by atoms with E-state index in [1.54, 1.807) is 0 Å². The van der Waals surface area contributed by atoms with Crippen molar-refractivity contribution in [3.05, 3.63) is 53.1 Å². The highest BCUT2D eigenvalue weighted by molar-refractivity contribution is 6.31. The minimum absolute atomic E-state index is 0.138. The summed E-state index contributed by atoms with van der Waals surface area (Å²) in [4.78, 5) is 4.32. The van der Waals surface area contributed by atoms with Gasteiger partial charge in [-0.05, 0) is 18.6 Å². The molecule has 0 amide bonds. The monoisotopic (exact) mass is 249 g/mol. The Labute approximate surface area is 106 Å². The molecule has 1 atom stereocenters. The Morgan fingerprint density at radius 3 is 2.88 bits per heavy atom. The van der Waals surface area contributed by atoms with Crippen LogP contribution >= 0.6 is 11.6 Å². The summed E-state index contributed by atoms with van der Waals surface area (Å²) in [6.45, 7) is 2.72. The zero-order chi connectivity index (χ0) is 12.3. The predicted octanol–water partition coefficient (Wildman–Crippen LogP) is 2.47. The van der Waals surface area contributed by atoms with Crippen molar-refractivity contribution in [3.8, 4) is 0 Å². The highest BCUT2D eigenvalue weighted by Gasteiger charge is 2.04. The number of halogens is 1. The number of hydrogen-bond donors (Lipinski definition) is 1. The minimum Gasteiger partial charge on any atom is -0.333 e. The molecule has 0 bridgehead atoms. The molecule has 2 rings (SSSR count). The first-order valence-corrected chi connectivity index (χ1v) is 6.02. The summed E-state index contributed by atoms with van der Waals surface area (Å²) in [5.74, 6) is 0. The third-order valence-corrected chi connectivity index (χ3v) is 2.90. The summed E-state index contributed by atoms with van der Waals surface area (Å²) in [6.07, 6.45) is 4.64. The molecule has 0 aliphatic rings. The van der Waals surface area contributed by atoms with E-state index in [0.29, 0.717) is 0 Å². The van der Waals surface area contributed by atoms with E-state index in [2.05, 4.69) is 4.98 Å². The zero-order valence-electron chi connectivity index (χ0n) is 9.81. The number of aromatic nitrogens is 2. The first-order chi connectivity index (χ1) is 8.15. The van der Waals surface area contributed by atoms with Gasteiger partial charge in [-0.1, -0.05) is 29.8 Å². The maximum atomic E-state index is 6.11. The first kappa shape index (κ1) is 12.1. The number of nitrogens with two attached hydrogens (primary N) is 1. The highest BCUT2D eigenvalue weighted by atomic mass is 35.5. The molecular formula is C13H16ClN3. The van der Waals surface area contributed by atoms with Crippen LogP contribution in [0.25, 0.3) is 0 Å². The van der Waals surface area contributed by atoms with Crippen LogP contribution in [0.5, 0.6) is 0 Å². The van der Waals surface area contributed by atoms with Crippen LogP contribution in [0.4, 0.5) is 0 Å². The Bertz CT molecular complexity index is 491. The second kappa shape index (κ2) is 5.34. The fourth-order valence-corrected chi connectivity index (χ4v) is 1.95. The molecule has 0 spiro atoms. The molecular weight excluding hydrogens is 234 g/mol. The second-order valence-corrected chi connectivity index (χ2v) is 4.72. The predicted molar refractivity (Wildman–Crippen MR) is 70.1 cm³/mol. The Balaban J connectivity index is 2.09. The fourth-order valence-electron chi connectivity index (χ4n) is 1.75. The van der Waals surface area contributed by atoms with Crippen LogP contribution in [-0.2, 0) is 13.0 Å². The van der Waals surface area contributed by atoms with Gasteiger partial charge < -0.3 is 10.3 Å². The van der Waals surface area contributed by atoms with Crippen molar-refractivity contribution in [2.45, 2.75) is 25.9 Å². The van der Waals surface area contributed by atoms with Crippen LogP contribution in [-0.4, -0.2) is 15.6 Å². The molecule has 0 radical (unpaired) electrons. The van der Waals surface area contributed by atoms with Crippen molar-refractivity contribution < 1.29 is 0 Å². The molecule has 2 N–H and O–H groups in total. The minimum atomic E-state index is 0.138. The Morgan fingerprint density at radius 1 is 1.41 bits per heavy atom. The summed E-state index contributed by atoms with van der Waals surface area (Å²) in [5, 5.41) is 0.787. The van der Waals surface area contributed by atoms with Gasteiger partial charge in [0.2, 0.25) is 0 Å². The maximum Gasteiger partial charge on any atom is 0.0952 e. The van der Waals surface area contributed by atoms with Gasteiger partial charge in [-0.15, -0.1) is 0 Å². The number of imidazole rings is 1. The summed E-state index contributed by atoms with van der Waals surface area (Å²) >= 11 is 6.11.